The maximum absolute atomic E-state index is 5.91. The summed E-state index contributed by atoms with van der Waals surface area (Å²) in [6.07, 6.45) is 0. The highest BCUT2D eigenvalue weighted by Crippen LogP contribution is 2.22. The van der Waals surface area contributed by atoms with Crippen LogP contribution in [0.5, 0.6) is 0 Å². The van der Waals surface area contributed by atoms with E-state index in [4.69, 9.17) is 4.43 Å². The number of rotatable bonds is 9. The van der Waals surface area contributed by atoms with E-state index in [0.29, 0.717) is 5.92 Å². The molecule has 17 heavy (non-hydrogen) atoms. The lowest BCUT2D eigenvalue weighted by Gasteiger charge is -2.40. The van der Waals surface area contributed by atoms with Crippen LogP contribution in [0, 0.1) is 5.92 Å². The SMILES string of the molecule is CC[Si](CC)(CC)N[Si](CC(C)C)(NC)OC. The Labute approximate surface area is 110 Å². The molecule has 1 atom stereocenters. The zero-order valence-electron chi connectivity index (χ0n) is 12.8. The van der Waals surface area contributed by atoms with Crippen LogP contribution < -0.4 is 9.63 Å². The van der Waals surface area contributed by atoms with Crippen molar-refractivity contribution in [3.8, 4) is 0 Å². The molecule has 3 nitrogen and oxygen atoms in total. The summed E-state index contributed by atoms with van der Waals surface area (Å²) in [7, 11) is 0.626. The van der Waals surface area contributed by atoms with Crippen molar-refractivity contribution in [2.24, 2.45) is 5.92 Å². The van der Waals surface area contributed by atoms with E-state index < -0.39 is 16.9 Å². The van der Waals surface area contributed by atoms with Gasteiger partial charge in [0.05, 0.1) is 0 Å². The van der Waals surface area contributed by atoms with E-state index in [1.165, 1.54) is 18.1 Å². The molecule has 104 valence electrons. The molecule has 0 bridgehead atoms. The van der Waals surface area contributed by atoms with Crippen LogP contribution in [0.2, 0.25) is 24.2 Å². The van der Waals surface area contributed by atoms with Crippen LogP contribution in [-0.4, -0.2) is 31.0 Å². The molecule has 0 heterocycles. The van der Waals surface area contributed by atoms with Crippen LogP contribution in [-0.2, 0) is 4.43 Å². The number of hydrogen-bond acceptors (Lipinski definition) is 3. The smallest absolute Gasteiger partial charge is 0.344 e. The number of nitrogens with one attached hydrogen (secondary N) is 2. The highest BCUT2D eigenvalue weighted by molar-refractivity contribution is 6.89. The molecule has 1 unspecified atom stereocenters. The van der Waals surface area contributed by atoms with Crippen LogP contribution in [0.3, 0.4) is 0 Å². The van der Waals surface area contributed by atoms with Gasteiger partial charge >= 0.3 is 8.64 Å². The first-order valence-electron chi connectivity index (χ1n) is 6.96. The Hall–Kier alpha value is 0.314. The van der Waals surface area contributed by atoms with Gasteiger partial charge in [-0.05, 0) is 37.1 Å². The van der Waals surface area contributed by atoms with Crippen LogP contribution in [0.25, 0.3) is 0 Å². The minimum atomic E-state index is -1.94. The Morgan fingerprint density at radius 1 is 1.06 bits per heavy atom. The summed E-state index contributed by atoms with van der Waals surface area (Å²) in [6.45, 7) is 11.5. The quantitative estimate of drug-likeness (QED) is 0.635. The largest absolute Gasteiger partial charge is 0.395 e. The van der Waals surface area contributed by atoms with Gasteiger partial charge in [0, 0.05) is 7.11 Å². The van der Waals surface area contributed by atoms with Crippen molar-refractivity contribution in [3.05, 3.63) is 0 Å². The zero-order valence-corrected chi connectivity index (χ0v) is 14.8. The van der Waals surface area contributed by atoms with Crippen LogP contribution >= 0.6 is 0 Å². The second-order valence-corrected chi connectivity index (χ2v) is 14.0. The minimum absolute atomic E-state index is 0.666. The van der Waals surface area contributed by atoms with Crippen LogP contribution in [0.4, 0.5) is 0 Å². The molecule has 2 N–H and O–H groups in total. The van der Waals surface area contributed by atoms with Crippen molar-refractivity contribution in [2.45, 2.75) is 58.8 Å². The first kappa shape index (κ1) is 17.3. The molecule has 0 aromatic rings. The third-order valence-electron chi connectivity index (χ3n) is 3.95. The first-order valence-corrected chi connectivity index (χ1v) is 11.7. The van der Waals surface area contributed by atoms with E-state index in [2.05, 4.69) is 44.2 Å². The predicted octanol–water partition coefficient (Wildman–Crippen LogP) is 3.04. The summed E-state index contributed by atoms with van der Waals surface area (Å²) in [5.74, 6) is 0.666. The van der Waals surface area contributed by atoms with Crippen molar-refractivity contribution in [2.75, 3.05) is 14.2 Å². The van der Waals surface area contributed by atoms with Gasteiger partial charge in [-0.25, -0.2) is 0 Å². The molecule has 5 heteroatoms. The van der Waals surface area contributed by atoms with Crippen molar-refractivity contribution in [1.29, 1.82) is 0 Å². The molecule has 0 spiro atoms. The second kappa shape index (κ2) is 7.68. The van der Waals surface area contributed by atoms with Gasteiger partial charge in [0.25, 0.3) is 0 Å². The van der Waals surface area contributed by atoms with Crippen LogP contribution in [0.1, 0.15) is 34.6 Å². The van der Waals surface area contributed by atoms with Gasteiger partial charge < -0.3 is 14.1 Å². The minimum Gasteiger partial charge on any atom is -0.395 e. The molecule has 0 aromatic carbocycles. The summed E-state index contributed by atoms with van der Waals surface area (Å²) in [5.41, 5.74) is 0. The molecule has 0 radical (unpaired) electrons. The van der Waals surface area contributed by atoms with E-state index in [1.54, 1.807) is 0 Å². The Morgan fingerprint density at radius 2 is 1.53 bits per heavy atom. The Bertz CT molecular complexity index is 196. The third-order valence-corrected chi connectivity index (χ3v) is 14.6. The van der Waals surface area contributed by atoms with E-state index in [1.807, 2.05) is 14.2 Å². The average Bonchev–Trinajstić information content (AvgIpc) is 2.34. The second-order valence-electron chi connectivity index (χ2n) is 5.35. The van der Waals surface area contributed by atoms with Gasteiger partial charge in [-0.2, -0.15) is 0 Å². The molecule has 0 aliphatic rings. The fourth-order valence-corrected chi connectivity index (χ4v) is 12.6. The lowest BCUT2D eigenvalue weighted by Crippen LogP contribution is -2.72. The maximum Gasteiger partial charge on any atom is 0.344 e. The molecular weight excluding hydrogens is 244 g/mol. The first-order chi connectivity index (χ1) is 7.93. The normalized spacial score (nSPS) is 16.2. The van der Waals surface area contributed by atoms with E-state index in [-0.39, 0.29) is 0 Å². The van der Waals surface area contributed by atoms with Gasteiger partial charge in [-0.1, -0.05) is 34.6 Å². The standard InChI is InChI=1S/C12H32N2OSi2/c1-8-16(9-2,10-3)14-17(13-6,15-7)11-12(4)5/h12-14H,8-11H2,1-7H3. The summed E-state index contributed by atoms with van der Waals surface area (Å²) < 4.78 is 9.92. The van der Waals surface area contributed by atoms with Gasteiger partial charge in [-0.15, -0.1) is 0 Å². The summed E-state index contributed by atoms with van der Waals surface area (Å²) in [5, 5.41) is 0. The number of hydrogen-bond donors (Lipinski definition) is 2. The summed E-state index contributed by atoms with van der Waals surface area (Å²) in [6, 6.07) is 5.00. The molecule has 0 saturated carbocycles. The highest BCUT2D eigenvalue weighted by atomic mass is 28.4. The summed E-state index contributed by atoms with van der Waals surface area (Å²) in [4.78, 5) is 3.50. The van der Waals surface area contributed by atoms with Crippen molar-refractivity contribution in [3.63, 3.8) is 0 Å². The topological polar surface area (TPSA) is 33.3 Å². The molecule has 0 aliphatic heterocycles. The predicted molar refractivity (Wildman–Crippen MR) is 81.8 cm³/mol. The van der Waals surface area contributed by atoms with Gasteiger partial charge in [0.2, 0.25) is 0 Å². The molecule has 0 saturated heterocycles. The summed E-state index contributed by atoms with van der Waals surface area (Å²) >= 11 is 0. The van der Waals surface area contributed by atoms with Gasteiger partial charge in [0.15, 0.2) is 0 Å². The van der Waals surface area contributed by atoms with Crippen molar-refractivity contribution >= 4 is 16.9 Å². The zero-order chi connectivity index (χ0) is 13.5. The lowest BCUT2D eigenvalue weighted by atomic mass is 10.3. The Kier molecular flexibility index (Phi) is 7.83. The monoisotopic (exact) mass is 276 g/mol. The molecular formula is C12H32N2OSi2. The third kappa shape index (κ3) is 4.83. The molecule has 0 rings (SSSR count). The molecule has 0 amide bonds. The Morgan fingerprint density at radius 3 is 1.76 bits per heavy atom. The maximum atomic E-state index is 5.91. The fraction of sp³-hybridized carbons (Fsp3) is 1.00. The van der Waals surface area contributed by atoms with Crippen molar-refractivity contribution < 1.29 is 4.43 Å². The molecule has 0 aliphatic carbocycles. The van der Waals surface area contributed by atoms with Crippen molar-refractivity contribution in [1.82, 2.24) is 9.63 Å². The fourth-order valence-electron chi connectivity index (χ4n) is 2.47. The van der Waals surface area contributed by atoms with E-state index in [0.717, 1.165) is 6.04 Å². The van der Waals surface area contributed by atoms with Gasteiger partial charge in [0.1, 0.15) is 8.24 Å². The lowest BCUT2D eigenvalue weighted by molar-refractivity contribution is 0.366. The average molecular weight is 277 g/mol. The Balaban J connectivity index is 4.94. The molecule has 0 fully saturated rings. The van der Waals surface area contributed by atoms with E-state index in [9.17, 15) is 0 Å². The van der Waals surface area contributed by atoms with Gasteiger partial charge in [-0.3, -0.25) is 0 Å². The highest BCUT2D eigenvalue weighted by Gasteiger charge is 2.42. The van der Waals surface area contributed by atoms with Crippen LogP contribution in [0.15, 0.2) is 0 Å². The molecule has 0 aromatic heterocycles. The van der Waals surface area contributed by atoms with E-state index >= 15 is 0 Å².